The number of benzene rings is 2. The number of rotatable bonds is 7. The summed E-state index contributed by atoms with van der Waals surface area (Å²) in [5, 5.41) is 22.9. The first kappa shape index (κ1) is 19.8. The van der Waals surface area contributed by atoms with E-state index in [4.69, 9.17) is 17.0 Å². The molecule has 2 atom stereocenters. The number of amides is 1. The number of imidazole rings is 1. The van der Waals surface area contributed by atoms with Crippen molar-refractivity contribution in [1.29, 1.82) is 0 Å². The summed E-state index contributed by atoms with van der Waals surface area (Å²) in [6, 6.07) is 16.2. The number of aliphatic hydroxyl groups excluding tert-OH is 2. The molecule has 3 aromatic rings. The summed E-state index contributed by atoms with van der Waals surface area (Å²) < 4.78 is 7.42. The molecule has 0 radical (unpaired) electrons. The van der Waals surface area contributed by atoms with Gasteiger partial charge in [-0.3, -0.25) is 4.57 Å². The summed E-state index contributed by atoms with van der Waals surface area (Å²) in [4.78, 5) is 14.7. The lowest BCUT2D eigenvalue weighted by atomic mass is 10.0. The van der Waals surface area contributed by atoms with Gasteiger partial charge in [-0.1, -0.05) is 42.5 Å². The highest BCUT2D eigenvalue weighted by Crippen LogP contribution is 2.19. The second-order valence-electron chi connectivity index (χ2n) is 6.18. The van der Waals surface area contributed by atoms with E-state index in [1.54, 1.807) is 41.2 Å². The van der Waals surface area contributed by atoms with Gasteiger partial charge in [0.25, 0.3) is 0 Å². The quantitative estimate of drug-likeness (QED) is 0.458. The van der Waals surface area contributed by atoms with E-state index >= 15 is 0 Å². The van der Waals surface area contributed by atoms with Gasteiger partial charge in [0, 0.05) is 24.6 Å². The van der Waals surface area contributed by atoms with Crippen molar-refractivity contribution in [2.75, 3.05) is 6.54 Å². The number of carbonyl (C=O) groups is 1. The molecule has 0 saturated carbocycles. The standard InChI is InChI=1S/C20H21N3O4S/c24-17(12-22-20(26)27-13-14-4-2-1-3-5-14)18(25)15-6-8-16(9-7-15)23-11-10-21-19(23)28/h1-11,17-18,24-25H,12-13H2,(H,21,28)(H,22,26). The largest absolute Gasteiger partial charge is 0.445 e. The zero-order valence-electron chi connectivity index (χ0n) is 15.0. The molecule has 146 valence electrons. The molecule has 0 fully saturated rings. The zero-order valence-corrected chi connectivity index (χ0v) is 15.8. The molecule has 0 aliphatic heterocycles. The van der Waals surface area contributed by atoms with Crippen molar-refractivity contribution >= 4 is 18.3 Å². The Bertz CT molecular complexity index is 953. The van der Waals surface area contributed by atoms with Gasteiger partial charge in [-0.05, 0) is 35.5 Å². The number of H-pyrrole nitrogens is 1. The number of hydrogen-bond acceptors (Lipinski definition) is 5. The summed E-state index contributed by atoms with van der Waals surface area (Å²) in [5.74, 6) is 0. The number of nitrogens with zero attached hydrogens (tertiary/aromatic N) is 1. The summed E-state index contributed by atoms with van der Waals surface area (Å²) in [5.41, 5.74) is 2.22. The van der Waals surface area contributed by atoms with Gasteiger partial charge < -0.3 is 25.3 Å². The molecule has 0 bridgehead atoms. The van der Waals surface area contributed by atoms with E-state index in [0.29, 0.717) is 10.3 Å². The van der Waals surface area contributed by atoms with Crippen LogP contribution in [0.2, 0.25) is 0 Å². The number of aromatic nitrogens is 2. The number of alkyl carbamates (subject to hydrolysis) is 1. The van der Waals surface area contributed by atoms with Crippen LogP contribution in [0.1, 0.15) is 17.2 Å². The van der Waals surface area contributed by atoms with Crippen LogP contribution < -0.4 is 5.32 Å². The van der Waals surface area contributed by atoms with Crippen molar-refractivity contribution in [3.8, 4) is 5.69 Å². The number of aromatic amines is 1. The second kappa shape index (κ2) is 9.32. The average Bonchev–Trinajstić information content (AvgIpc) is 3.16. The average molecular weight is 399 g/mol. The highest BCUT2D eigenvalue weighted by atomic mass is 32.1. The number of aliphatic hydroxyl groups is 2. The highest BCUT2D eigenvalue weighted by molar-refractivity contribution is 7.71. The van der Waals surface area contributed by atoms with Crippen molar-refractivity contribution in [2.45, 2.75) is 18.8 Å². The van der Waals surface area contributed by atoms with Crippen molar-refractivity contribution in [3.05, 3.63) is 82.9 Å². The third kappa shape index (κ3) is 5.07. The molecule has 4 N–H and O–H groups in total. The van der Waals surface area contributed by atoms with Crippen molar-refractivity contribution in [3.63, 3.8) is 0 Å². The molecular weight excluding hydrogens is 378 g/mol. The van der Waals surface area contributed by atoms with Crippen LogP contribution in [0.5, 0.6) is 0 Å². The van der Waals surface area contributed by atoms with E-state index in [1.807, 2.05) is 30.3 Å². The molecular formula is C20H21N3O4S. The lowest BCUT2D eigenvalue weighted by molar-refractivity contribution is 0.0184. The van der Waals surface area contributed by atoms with Crippen molar-refractivity contribution < 1.29 is 19.7 Å². The first-order valence-corrected chi connectivity index (χ1v) is 9.12. The molecule has 0 aliphatic rings. The molecule has 0 aliphatic carbocycles. The summed E-state index contributed by atoms with van der Waals surface area (Å²) in [6.07, 6.45) is 0.546. The van der Waals surface area contributed by atoms with Gasteiger partial charge in [-0.2, -0.15) is 0 Å². The van der Waals surface area contributed by atoms with Gasteiger partial charge >= 0.3 is 6.09 Å². The monoisotopic (exact) mass is 399 g/mol. The summed E-state index contributed by atoms with van der Waals surface area (Å²) >= 11 is 5.17. The topological polar surface area (TPSA) is 99.5 Å². The first-order chi connectivity index (χ1) is 13.5. The smallest absolute Gasteiger partial charge is 0.407 e. The van der Waals surface area contributed by atoms with Gasteiger partial charge in [0.2, 0.25) is 0 Å². The van der Waals surface area contributed by atoms with Crippen molar-refractivity contribution in [2.24, 2.45) is 0 Å². The van der Waals surface area contributed by atoms with E-state index in [2.05, 4.69) is 10.3 Å². The Hall–Kier alpha value is -2.94. The Morgan fingerprint density at radius 1 is 1.14 bits per heavy atom. The Balaban J connectivity index is 1.50. The van der Waals surface area contributed by atoms with Crippen LogP contribution in [0.25, 0.3) is 5.69 Å². The minimum absolute atomic E-state index is 0.133. The number of nitrogens with one attached hydrogen (secondary N) is 2. The lowest BCUT2D eigenvalue weighted by Gasteiger charge is -2.19. The van der Waals surface area contributed by atoms with Crippen molar-refractivity contribution in [1.82, 2.24) is 14.9 Å². The fourth-order valence-corrected chi connectivity index (χ4v) is 2.89. The third-order valence-electron chi connectivity index (χ3n) is 4.19. The predicted molar refractivity (Wildman–Crippen MR) is 107 cm³/mol. The second-order valence-corrected chi connectivity index (χ2v) is 6.57. The highest BCUT2D eigenvalue weighted by Gasteiger charge is 2.19. The van der Waals surface area contributed by atoms with Gasteiger partial charge in [-0.25, -0.2) is 4.79 Å². The summed E-state index contributed by atoms with van der Waals surface area (Å²) in [6.45, 7) is -0.00609. The maximum absolute atomic E-state index is 11.7. The van der Waals surface area contributed by atoms with Crippen LogP contribution in [0.3, 0.4) is 0 Å². The van der Waals surface area contributed by atoms with E-state index in [9.17, 15) is 15.0 Å². The molecule has 1 heterocycles. The number of ether oxygens (including phenoxy) is 1. The molecule has 1 aromatic heterocycles. The first-order valence-electron chi connectivity index (χ1n) is 8.71. The van der Waals surface area contributed by atoms with Crippen LogP contribution in [0, 0.1) is 4.77 Å². The Morgan fingerprint density at radius 3 is 2.50 bits per heavy atom. The molecule has 0 spiro atoms. The number of carbonyl (C=O) groups excluding carboxylic acids is 1. The minimum Gasteiger partial charge on any atom is -0.445 e. The fourth-order valence-electron chi connectivity index (χ4n) is 2.65. The Labute approximate surface area is 167 Å². The van der Waals surface area contributed by atoms with Gasteiger partial charge in [0.05, 0.1) is 0 Å². The normalized spacial score (nSPS) is 12.9. The van der Waals surface area contributed by atoms with Gasteiger partial charge in [0.1, 0.15) is 18.8 Å². The van der Waals surface area contributed by atoms with Crippen LogP contribution in [0.15, 0.2) is 67.0 Å². The molecule has 1 amide bonds. The maximum Gasteiger partial charge on any atom is 0.407 e. The van der Waals surface area contributed by atoms with E-state index in [-0.39, 0.29) is 13.2 Å². The number of hydrogen-bond donors (Lipinski definition) is 4. The van der Waals surface area contributed by atoms with Crippen LogP contribution in [0.4, 0.5) is 4.79 Å². The van der Waals surface area contributed by atoms with Gasteiger partial charge in [0.15, 0.2) is 4.77 Å². The molecule has 2 aromatic carbocycles. The van der Waals surface area contributed by atoms with Crippen LogP contribution in [-0.2, 0) is 11.3 Å². The summed E-state index contributed by atoms with van der Waals surface area (Å²) in [7, 11) is 0. The third-order valence-corrected chi connectivity index (χ3v) is 4.51. The molecule has 2 unspecified atom stereocenters. The van der Waals surface area contributed by atoms with E-state index in [0.717, 1.165) is 11.3 Å². The van der Waals surface area contributed by atoms with Crippen LogP contribution in [-0.4, -0.2) is 38.5 Å². The molecule has 8 heteroatoms. The predicted octanol–water partition coefficient (Wildman–Crippen LogP) is 2.86. The SMILES string of the molecule is O=C(NCC(O)C(O)c1ccc(-n2cc[nH]c2=S)cc1)OCc1ccccc1. The Morgan fingerprint density at radius 2 is 1.86 bits per heavy atom. The lowest BCUT2D eigenvalue weighted by Crippen LogP contribution is -2.35. The zero-order chi connectivity index (χ0) is 19.9. The maximum atomic E-state index is 11.7. The molecule has 3 rings (SSSR count). The van der Waals surface area contributed by atoms with E-state index < -0.39 is 18.3 Å². The minimum atomic E-state index is -1.18. The molecule has 0 saturated heterocycles. The van der Waals surface area contributed by atoms with E-state index in [1.165, 1.54) is 0 Å². The van der Waals surface area contributed by atoms with Gasteiger partial charge in [-0.15, -0.1) is 0 Å². The van der Waals surface area contributed by atoms with Crippen LogP contribution >= 0.6 is 12.2 Å². The fraction of sp³-hybridized carbons (Fsp3) is 0.200. The molecule has 7 nitrogen and oxygen atoms in total. The molecule has 28 heavy (non-hydrogen) atoms. The Kier molecular flexibility index (Phi) is 6.59.